The zero-order chi connectivity index (χ0) is 16.5. The number of nitrogens with one attached hydrogen (secondary N) is 2. The molecule has 1 aromatic rings. The zero-order valence-electron chi connectivity index (χ0n) is 13.9. The van der Waals surface area contributed by atoms with Crippen molar-refractivity contribution >= 4 is 6.03 Å². The predicted octanol–water partition coefficient (Wildman–Crippen LogP) is 1.36. The van der Waals surface area contributed by atoms with Crippen LogP contribution in [0.1, 0.15) is 31.9 Å². The van der Waals surface area contributed by atoms with Crippen LogP contribution < -0.4 is 10.6 Å². The number of nitrogens with zero attached hydrogens (tertiary/aromatic N) is 2. The van der Waals surface area contributed by atoms with Crippen molar-refractivity contribution in [2.45, 2.75) is 38.8 Å². The molecule has 1 aliphatic heterocycles. The molecule has 0 spiro atoms. The first kappa shape index (κ1) is 17.7. The van der Waals surface area contributed by atoms with Gasteiger partial charge >= 0.3 is 6.03 Å². The largest absolute Gasteiger partial charge is 0.396 e. The predicted molar refractivity (Wildman–Crippen MR) is 89.9 cm³/mol. The number of pyridine rings is 1. The Kier molecular flexibility index (Phi) is 7.29. The van der Waals surface area contributed by atoms with E-state index in [0.29, 0.717) is 18.9 Å². The summed E-state index contributed by atoms with van der Waals surface area (Å²) < 4.78 is 0. The van der Waals surface area contributed by atoms with Gasteiger partial charge in [-0.3, -0.25) is 9.88 Å². The topological polar surface area (TPSA) is 77.5 Å². The Morgan fingerprint density at radius 2 is 2.22 bits per heavy atom. The first-order valence-corrected chi connectivity index (χ1v) is 8.45. The standard InChI is InChI=1S/C17H28N4O2/c1-14(7-11-22)12-19-17(23)20-15-5-9-21(10-6-15)13-16-4-2-3-8-18-16/h2-4,8,14-15,22H,5-7,9-13H2,1H3,(H2,19,20,23). The average Bonchev–Trinajstić information content (AvgIpc) is 2.56. The van der Waals surface area contributed by atoms with E-state index in [9.17, 15) is 4.79 Å². The third kappa shape index (κ3) is 6.54. The number of aliphatic hydroxyl groups excluding tert-OH is 1. The minimum absolute atomic E-state index is 0.0991. The summed E-state index contributed by atoms with van der Waals surface area (Å²) in [6.45, 7) is 5.61. The van der Waals surface area contributed by atoms with Crippen LogP contribution in [0.15, 0.2) is 24.4 Å². The smallest absolute Gasteiger partial charge is 0.315 e. The Morgan fingerprint density at radius 3 is 2.87 bits per heavy atom. The number of hydrogen-bond donors (Lipinski definition) is 3. The molecule has 1 unspecified atom stereocenters. The van der Waals surface area contributed by atoms with E-state index < -0.39 is 0 Å². The third-order valence-electron chi connectivity index (χ3n) is 4.27. The van der Waals surface area contributed by atoms with Gasteiger partial charge in [-0.15, -0.1) is 0 Å². The van der Waals surface area contributed by atoms with Crippen LogP contribution in [0, 0.1) is 5.92 Å². The van der Waals surface area contributed by atoms with Gasteiger partial charge in [-0.25, -0.2) is 4.79 Å². The van der Waals surface area contributed by atoms with Crippen LogP contribution in [-0.2, 0) is 6.54 Å². The molecular formula is C17H28N4O2. The number of likely N-dealkylation sites (tertiary alicyclic amines) is 1. The lowest BCUT2D eigenvalue weighted by Gasteiger charge is -2.32. The lowest BCUT2D eigenvalue weighted by Crippen LogP contribution is -2.48. The first-order valence-electron chi connectivity index (χ1n) is 8.45. The lowest BCUT2D eigenvalue weighted by atomic mass is 10.0. The van der Waals surface area contributed by atoms with Crippen LogP contribution in [0.5, 0.6) is 0 Å². The second-order valence-corrected chi connectivity index (χ2v) is 6.34. The number of hydrogen-bond acceptors (Lipinski definition) is 4. The molecule has 1 aliphatic rings. The molecule has 23 heavy (non-hydrogen) atoms. The molecule has 2 amide bonds. The maximum absolute atomic E-state index is 11.9. The molecule has 0 saturated carbocycles. The monoisotopic (exact) mass is 320 g/mol. The van der Waals surface area contributed by atoms with Crippen molar-refractivity contribution in [3.05, 3.63) is 30.1 Å². The second kappa shape index (κ2) is 9.47. The molecule has 1 atom stereocenters. The van der Waals surface area contributed by atoms with E-state index >= 15 is 0 Å². The minimum Gasteiger partial charge on any atom is -0.396 e. The van der Waals surface area contributed by atoms with Crippen molar-refractivity contribution in [2.24, 2.45) is 5.92 Å². The Bertz CT molecular complexity index is 461. The molecule has 0 aliphatic carbocycles. The number of piperidine rings is 1. The Hall–Kier alpha value is -1.66. The Morgan fingerprint density at radius 1 is 1.43 bits per heavy atom. The summed E-state index contributed by atoms with van der Waals surface area (Å²) in [6.07, 6.45) is 4.47. The average molecular weight is 320 g/mol. The van der Waals surface area contributed by atoms with Gasteiger partial charge in [-0.2, -0.15) is 0 Å². The molecule has 1 aromatic heterocycles. The second-order valence-electron chi connectivity index (χ2n) is 6.34. The van der Waals surface area contributed by atoms with E-state index in [0.717, 1.165) is 38.2 Å². The van der Waals surface area contributed by atoms with Crippen LogP contribution >= 0.6 is 0 Å². The van der Waals surface area contributed by atoms with Crippen LogP contribution in [-0.4, -0.2) is 53.3 Å². The molecule has 1 fully saturated rings. The molecule has 0 bridgehead atoms. The number of carbonyl (C=O) groups excluding carboxylic acids is 1. The molecule has 0 aromatic carbocycles. The molecule has 128 valence electrons. The van der Waals surface area contributed by atoms with E-state index in [1.165, 1.54) is 0 Å². The van der Waals surface area contributed by atoms with E-state index in [1.807, 2.05) is 31.3 Å². The maximum Gasteiger partial charge on any atom is 0.315 e. The van der Waals surface area contributed by atoms with Crippen molar-refractivity contribution in [3.8, 4) is 0 Å². The summed E-state index contributed by atoms with van der Waals surface area (Å²) in [5.41, 5.74) is 1.09. The van der Waals surface area contributed by atoms with E-state index in [4.69, 9.17) is 5.11 Å². The van der Waals surface area contributed by atoms with Crippen LogP contribution in [0.4, 0.5) is 4.79 Å². The van der Waals surface area contributed by atoms with Gasteiger partial charge in [-0.05, 0) is 37.3 Å². The number of carbonyl (C=O) groups is 1. The van der Waals surface area contributed by atoms with Crippen LogP contribution in [0.2, 0.25) is 0 Å². The van der Waals surface area contributed by atoms with Gasteiger partial charge in [0.25, 0.3) is 0 Å². The fraction of sp³-hybridized carbons (Fsp3) is 0.647. The highest BCUT2D eigenvalue weighted by atomic mass is 16.3. The summed E-state index contributed by atoms with van der Waals surface area (Å²) in [6, 6.07) is 6.13. The summed E-state index contributed by atoms with van der Waals surface area (Å²) in [5.74, 6) is 0.297. The number of amides is 2. The van der Waals surface area contributed by atoms with Crippen molar-refractivity contribution in [2.75, 3.05) is 26.2 Å². The summed E-state index contributed by atoms with van der Waals surface area (Å²) >= 11 is 0. The highest BCUT2D eigenvalue weighted by molar-refractivity contribution is 5.74. The molecule has 3 N–H and O–H groups in total. The van der Waals surface area contributed by atoms with Crippen molar-refractivity contribution in [3.63, 3.8) is 0 Å². The molecular weight excluding hydrogens is 292 g/mol. The van der Waals surface area contributed by atoms with E-state index in [2.05, 4.69) is 20.5 Å². The molecule has 2 heterocycles. The van der Waals surface area contributed by atoms with Crippen molar-refractivity contribution in [1.82, 2.24) is 20.5 Å². The van der Waals surface area contributed by atoms with Crippen LogP contribution in [0.3, 0.4) is 0 Å². The van der Waals surface area contributed by atoms with Crippen LogP contribution in [0.25, 0.3) is 0 Å². The van der Waals surface area contributed by atoms with Gasteiger partial charge in [0.2, 0.25) is 0 Å². The van der Waals surface area contributed by atoms with Gasteiger partial charge in [0.15, 0.2) is 0 Å². The van der Waals surface area contributed by atoms with Gasteiger partial charge in [0.05, 0.1) is 5.69 Å². The van der Waals surface area contributed by atoms with Gasteiger partial charge in [-0.1, -0.05) is 13.0 Å². The SMILES string of the molecule is CC(CCO)CNC(=O)NC1CCN(Cc2ccccn2)CC1. The highest BCUT2D eigenvalue weighted by Crippen LogP contribution is 2.12. The quantitative estimate of drug-likeness (QED) is 0.709. The fourth-order valence-corrected chi connectivity index (χ4v) is 2.78. The number of rotatable bonds is 7. The van der Waals surface area contributed by atoms with Crippen molar-refractivity contribution < 1.29 is 9.90 Å². The van der Waals surface area contributed by atoms with Gasteiger partial charge in [0.1, 0.15) is 0 Å². The van der Waals surface area contributed by atoms with Crippen molar-refractivity contribution in [1.29, 1.82) is 0 Å². The molecule has 2 rings (SSSR count). The molecule has 6 nitrogen and oxygen atoms in total. The Balaban J connectivity index is 1.63. The summed E-state index contributed by atoms with van der Waals surface area (Å²) in [7, 11) is 0. The van der Waals surface area contributed by atoms with Gasteiger partial charge < -0.3 is 15.7 Å². The first-order chi connectivity index (χ1) is 11.2. The Labute approximate surface area is 138 Å². The molecule has 6 heteroatoms. The van der Waals surface area contributed by atoms with E-state index in [1.54, 1.807) is 0 Å². The number of urea groups is 1. The molecule has 0 radical (unpaired) electrons. The normalized spacial score (nSPS) is 17.7. The lowest BCUT2D eigenvalue weighted by molar-refractivity contribution is 0.184. The fourth-order valence-electron chi connectivity index (χ4n) is 2.78. The number of aliphatic hydroxyl groups is 1. The number of aromatic nitrogens is 1. The third-order valence-corrected chi connectivity index (χ3v) is 4.27. The van der Waals surface area contributed by atoms with E-state index in [-0.39, 0.29) is 18.7 Å². The summed E-state index contributed by atoms with van der Waals surface area (Å²) in [4.78, 5) is 18.6. The maximum atomic E-state index is 11.9. The summed E-state index contributed by atoms with van der Waals surface area (Å²) in [5, 5.41) is 14.8. The zero-order valence-corrected chi connectivity index (χ0v) is 13.9. The minimum atomic E-state index is -0.0991. The molecule has 1 saturated heterocycles. The van der Waals surface area contributed by atoms with Gasteiger partial charge in [0, 0.05) is 45.0 Å². The highest BCUT2D eigenvalue weighted by Gasteiger charge is 2.20.